The summed E-state index contributed by atoms with van der Waals surface area (Å²) in [6.07, 6.45) is -3.81. The van der Waals surface area contributed by atoms with Gasteiger partial charge in [-0.05, 0) is 19.9 Å². The highest BCUT2D eigenvalue weighted by Crippen LogP contribution is 2.41. The average Bonchev–Trinajstić information content (AvgIpc) is 2.11. The van der Waals surface area contributed by atoms with Crippen molar-refractivity contribution in [2.75, 3.05) is 7.05 Å². The van der Waals surface area contributed by atoms with Crippen LogP contribution in [0.3, 0.4) is 0 Å². The fourth-order valence-corrected chi connectivity index (χ4v) is 1.94. The maximum Gasteiger partial charge on any atom is 0.188 e. The van der Waals surface area contributed by atoms with E-state index in [0.717, 1.165) is 0 Å². The van der Waals surface area contributed by atoms with E-state index in [4.69, 9.17) is 0 Å². The Kier molecular flexibility index (Phi) is 3.14. The van der Waals surface area contributed by atoms with E-state index in [1.807, 2.05) is 0 Å². The molecule has 0 bridgehead atoms. The number of piperidine rings is 1. The van der Waals surface area contributed by atoms with E-state index >= 15 is 0 Å². The molecule has 3 unspecified atom stereocenters. The normalized spacial score (nSPS) is 45.9. The van der Waals surface area contributed by atoms with Crippen molar-refractivity contribution in [1.29, 1.82) is 0 Å². The van der Waals surface area contributed by atoms with Crippen molar-refractivity contribution in [2.24, 2.45) is 5.92 Å². The largest absolute Gasteiger partial charge is 0.272 e. The molecule has 84 valence electrons. The highest BCUT2D eigenvalue weighted by molar-refractivity contribution is 5.00. The second-order valence-electron chi connectivity index (χ2n) is 4.57. The van der Waals surface area contributed by atoms with Crippen molar-refractivity contribution in [1.82, 2.24) is 4.90 Å². The monoisotopic (exact) mass is 209 g/mol. The summed E-state index contributed by atoms with van der Waals surface area (Å²) in [6, 6.07) is -0.260. The molecule has 0 radical (unpaired) electrons. The van der Waals surface area contributed by atoms with E-state index in [-0.39, 0.29) is 12.5 Å². The van der Waals surface area contributed by atoms with Gasteiger partial charge in [-0.15, -0.1) is 0 Å². The first-order valence-electron chi connectivity index (χ1n) is 4.99. The van der Waals surface area contributed by atoms with Crippen molar-refractivity contribution in [3.05, 3.63) is 0 Å². The van der Waals surface area contributed by atoms with Crippen LogP contribution in [0.25, 0.3) is 0 Å². The van der Waals surface area contributed by atoms with Crippen LogP contribution in [-0.2, 0) is 0 Å². The van der Waals surface area contributed by atoms with E-state index in [0.29, 0.717) is 0 Å². The van der Waals surface area contributed by atoms with Crippen molar-refractivity contribution < 1.29 is 13.2 Å². The van der Waals surface area contributed by atoms with Crippen molar-refractivity contribution in [3.8, 4) is 0 Å². The van der Waals surface area contributed by atoms with Crippen LogP contribution in [0.1, 0.15) is 27.2 Å². The van der Waals surface area contributed by atoms with Gasteiger partial charge in [0, 0.05) is 12.5 Å². The SMILES string of the molecule is CC1C[C@](F)(C(C)C)C(F)C(F)N1C. The first-order valence-corrected chi connectivity index (χ1v) is 4.99. The van der Waals surface area contributed by atoms with Crippen LogP contribution in [0.15, 0.2) is 0 Å². The lowest BCUT2D eigenvalue weighted by atomic mass is 9.78. The van der Waals surface area contributed by atoms with E-state index in [9.17, 15) is 13.2 Å². The first-order chi connectivity index (χ1) is 6.30. The third-order valence-corrected chi connectivity index (χ3v) is 3.35. The number of likely N-dealkylation sites (tertiary alicyclic amines) is 1. The summed E-state index contributed by atoms with van der Waals surface area (Å²) in [5.41, 5.74) is -2.02. The molecule has 14 heavy (non-hydrogen) atoms. The van der Waals surface area contributed by atoms with Crippen molar-refractivity contribution in [3.63, 3.8) is 0 Å². The molecule has 1 aliphatic rings. The lowest BCUT2D eigenvalue weighted by molar-refractivity contribution is -0.138. The Labute approximate surface area is 83.3 Å². The summed E-state index contributed by atoms with van der Waals surface area (Å²) >= 11 is 0. The average molecular weight is 209 g/mol. The van der Waals surface area contributed by atoms with E-state index in [2.05, 4.69) is 0 Å². The predicted molar refractivity (Wildman–Crippen MR) is 50.3 cm³/mol. The van der Waals surface area contributed by atoms with Gasteiger partial charge in [-0.25, -0.2) is 13.2 Å². The van der Waals surface area contributed by atoms with Gasteiger partial charge in [-0.1, -0.05) is 13.8 Å². The first kappa shape index (κ1) is 11.8. The second-order valence-corrected chi connectivity index (χ2v) is 4.57. The minimum absolute atomic E-state index is 0.0583. The number of rotatable bonds is 1. The van der Waals surface area contributed by atoms with Gasteiger partial charge in [0.15, 0.2) is 12.5 Å². The standard InChI is InChI=1S/C10H18F3N/c1-6(2)10(13)5-7(3)14(4)9(12)8(10)11/h6-9H,5H2,1-4H3/t7?,8?,9?,10-/m0/s1. The Morgan fingerprint density at radius 1 is 1.36 bits per heavy atom. The highest BCUT2D eigenvalue weighted by atomic mass is 19.2. The lowest BCUT2D eigenvalue weighted by Crippen LogP contribution is -2.60. The topological polar surface area (TPSA) is 3.24 Å². The molecule has 0 N–H and O–H groups in total. The quantitative estimate of drug-likeness (QED) is 0.600. The van der Waals surface area contributed by atoms with E-state index < -0.39 is 24.1 Å². The second kappa shape index (κ2) is 3.72. The molecule has 1 aliphatic heterocycles. The molecule has 0 saturated carbocycles. The molecule has 0 aromatic rings. The number of nitrogens with zero attached hydrogens (tertiary/aromatic N) is 1. The summed E-state index contributed by atoms with van der Waals surface area (Å²) in [5.74, 6) is -0.494. The molecule has 0 amide bonds. The summed E-state index contributed by atoms with van der Waals surface area (Å²) in [7, 11) is 1.49. The van der Waals surface area contributed by atoms with Crippen LogP contribution in [0.5, 0.6) is 0 Å². The summed E-state index contributed by atoms with van der Waals surface area (Å²) in [6.45, 7) is 4.91. The van der Waals surface area contributed by atoms with E-state index in [1.165, 1.54) is 11.9 Å². The molecule has 4 heteroatoms. The Balaban J connectivity index is 2.90. The lowest BCUT2D eigenvalue weighted by Gasteiger charge is -2.45. The van der Waals surface area contributed by atoms with Crippen molar-refractivity contribution >= 4 is 0 Å². The number of hydrogen-bond donors (Lipinski definition) is 0. The molecule has 1 nitrogen and oxygen atoms in total. The Bertz CT molecular complexity index is 210. The van der Waals surface area contributed by atoms with E-state index in [1.54, 1.807) is 20.8 Å². The Morgan fingerprint density at radius 3 is 2.29 bits per heavy atom. The molecule has 1 saturated heterocycles. The van der Waals surface area contributed by atoms with Crippen LogP contribution >= 0.6 is 0 Å². The number of hydrogen-bond acceptors (Lipinski definition) is 1. The molecular weight excluding hydrogens is 191 g/mol. The van der Waals surface area contributed by atoms with Gasteiger partial charge in [0.2, 0.25) is 0 Å². The maximum absolute atomic E-state index is 14.1. The molecule has 0 aliphatic carbocycles. The van der Waals surface area contributed by atoms with Crippen LogP contribution in [0, 0.1) is 5.92 Å². The fraction of sp³-hybridized carbons (Fsp3) is 1.00. The third-order valence-electron chi connectivity index (χ3n) is 3.35. The molecule has 4 atom stereocenters. The molecular formula is C10H18F3N. The Morgan fingerprint density at radius 2 is 1.86 bits per heavy atom. The zero-order valence-electron chi connectivity index (χ0n) is 9.10. The highest BCUT2D eigenvalue weighted by Gasteiger charge is 2.53. The zero-order chi connectivity index (χ0) is 11.1. The minimum Gasteiger partial charge on any atom is -0.272 e. The van der Waals surface area contributed by atoms with Gasteiger partial charge < -0.3 is 0 Å². The summed E-state index contributed by atoms with van der Waals surface area (Å²) < 4.78 is 41.0. The zero-order valence-corrected chi connectivity index (χ0v) is 9.10. The minimum atomic E-state index is -2.04. The molecule has 1 heterocycles. The van der Waals surface area contributed by atoms with Crippen molar-refractivity contribution in [2.45, 2.75) is 51.4 Å². The molecule has 1 rings (SSSR count). The van der Waals surface area contributed by atoms with Gasteiger partial charge in [0.1, 0.15) is 5.67 Å². The predicted octanol–water partition coefficient (Wildman–Crippen LogP) is 2.71. The van der Waals surface area contributed by atoms with Gasteiger partial charge in [-0.3, -0.25) is 4.90 Å². The molecule has 0 spiro atoms. The third kappa shape index (κ3) is 1.64. The van der Waals surface area contributed by atoms with Gasteiger partial charge in [0.05, 0.1) is 0 Å². The molecule has 0 aromatic carbocycles. The van der Waals surface area contributed by atoms with Gasteiger partial charge in [0.25, 0.3) is 0 Å². The number of halogens is 3. The van der Waals surface area contributed by atoms with Gasteiger partial charge in [-0.2, -0.15) is 0 Å². The summed E-state index contributed by atoms with van der Waals surface area (Å²) in [5, 5.41) is 0. The molecule has 0 aromatic heterocycles. The van der Waals surface area contributed by atoms with Gasteiger partial charge >= 0.3 is 0 Å². The Hall–Kier alpha value is -0.250. The van der Waals surface area contributed by atoms with Crippen LogP contribution in [-0.4, -0.2) is 36.1 Å². The van der Waals surface area contributed by atoms with Crippen LogP contribution in [0.4, 0.5) is 13.2 Å². The smallest absolute Gasteiger partial charge is 0.188 e. The van der Waals surface area contributed by atoms with Crippen LogP contribution < -0.4 is 0 Å². The maximum atomic E-state index is 14.1. The number of alkyl halides is 3. The summed E-state index contributed by atoms with van der Waals surface area (Å²) in [4.78, 5) is 1.25. The fourth-order valence-electron chi connectivity index (χ4n) is 1.94. The van der Waals surface area contributed by atoms with Crippen LogP contribution in [0.2, 0.25) is 0 Å². The molecule has 1 fully saturated rings.